The Labute approximate surface area is 185 Å². The molecule has 0 aliphatic carbocycles. The molecule has 0 aromatic carbocycles. The number of thiazole rings is 1. The van der Waals surface area contributed by atoms with Gasteiger partial charge in [0.15, 0.2) is 5.96 Å². The Morgan fingerprint density at radius 2 is 2.19 bits per heavy atom. The summed E-state index contributed by atoms with van der Waals surface area (Å²) in [5.74, 6) is 1.54. The molecule has 27 heavy (non-hydrogen) atoms. The van der Waals surface area contributed by atoms with Crippen LogP contribution >= 0.6 is 35.3 Å². The highest BCUT2D eigenvalue weighted by molar-refractivity contribution is 14.0. The van der Waals surface area contributed by atoms with E-state index in [0.29, 0.717) is 25.7 Å². The summed E-state index contributed by atoms with van der Waals surface area (Å²) >= 11 is 1.70. The lowest BCUT2D eigenvalue weighted by Gasteiger charge is -2.21. The predicted octanol–water partition coefficient (Wildman–Crippen LogP) is 3.51. The summed E-state index contributed by atoms with van der Waals surface area (Å²) in [5, 5.41) is 6.65. The van der Waals surface area contributed by atoms with Gasteiger partial charge in [0.1, 0.15) is 5.01 Å². The van der Waals surface area contributed by atoms with Crippen LogP contribution in [0.15, 0.2) is 10.4 Å². The monoisotopic (exact) mass is 510 g/mol. The van der Waals surface area contributed by atoms with Gasteiger partial charge >= 0.3 is 0 Å². The minimum atomic E-state index is 0. The maximum Gasteiger partial charge on any atom is 0.194 e. The molecule has 0 bridgehead atoms. The Morgan fingerprint density at radius 1 is 1.41 bits per heavy atom. The molecule has 0 saturated carbocycles. The summed E-state index contributed by atoms with van der Waals surface area (Å²) in [6.07, 6.45) is 1.14. The molecule has 0 amide bonds. The molecule has 1 aliphatic heterocycles. The van der Waals surface area contributed by atoms with E-state index in [2.05, 4.69) is 43.3 Å². The molecule has 8 heteroatoms. The predicted molar refractivity (Wildman–Crippen MR) is 123 cm³/mol. The quantitative estimate of drug-likeness (QED) is 0.251. The number of halogens is 1. The van der Waals surface area contributed by atoms with E-state index >= 15 is 0 Å². The molecule has 156 valence electrons. The number of nitrogens with one attached hydrogen (secondary N) is 1. The highest BCUT2D eigenvalue weighted by Crippen LogP contribution is 2.24. The highest BCUT2D eigenvalue weighted by Gasteiger charge is 2.25. The van der Waals surface area contributed by atoms with Crippen molar-refractivity contribution in [2.24, 2.45) is 10.9 Å². The fraction of sp³-hybridized carbons (Fsp3) is 0.789. The van der Waals surface area contributed by atoms with Crippen LogP contribution in [0.1, 0.15) is 44.8 Å². The third-order valence-electron chi connectivity index (χ3n) is 4.39. The van der Waals surface area contributed by atoms with E-state index < -0.39 is 0 Å². The number of ether oxygens (including phenoxy) is 2. The van der Waals surface area contributed by atoms with Crippen molar-refractivity contribution in [2.45, 2.75) is 46.1 Å². The maximum atomic E-state index is 5.69. The third-order valence-corrected chi connectivity index (χ3v) is 5.22. The van der Waals surface area contributed by atoms with Crippen molar-refractivity contribution in [3.05, 3.63) is 16.1 Å². The molecule has 2 rings (SSSR count). The first-order valence-electron chi connectivity index (χ1n) is 9.48. The minimum Gasteiger partial charge on any atom is -0.382 e. The number of hydrogen-bond acceptors (Lipinski definition) is 5. The number of hydrogen-bond donors (Lipinski definition) is 1. The Balaban J connectivity index is 0.00000364. The fourth-order valence-corrected chi connectivity index (χ4v) is 3.79. The number of rotatable bonds is 8. The Bertz CT molecular complexity index is 574. The van der Waals surface area contributed by atoms with Crippen LogP contribution in [0.5, 0.6) is 0 Å². The zero-order valence-electron chi connectivity index (χ0n) is 17.3. The van der Waals surface area contributed by atoms with E-state index in [4.69, 9.17) is 19.5 Å². The van der Waals surface area contributed by atoms with Crippen LogP contribution in [0, 0.1) is 5.92 Å². The lowest BCUT2D eigenvalue weighted by Crippen LogP contribution is -2.40. The first kappa shape index (κ1) is 24.6. The minimum absolute atomic E-state index is 0. The van der Waals surface area contributed by atoms with Crippen molar-refractivity contribution in [3.8, 4) is 0 Å². The molecule has 1 N–H and O–H groups in total. The van der Waals surface area contributed by atoms with Crippen LogP contribution in [-0.4, -0.2) is 62.4 Å². The van der Waals surface area contributed by atoms with Crippen molar-refractivity contribution in [2.75, 3.05) is 46.6 Å². The third kappa shape index (κ3) is 8.21. The summed E-state index contributed by atoms with van der Waals surface area (Å²) in [4.78, 5) is 11.9. The number of likely N-dealkylation sites (tertiary alicyclic amines) is 1. The normalized spacial score (nSPS) is 17.9. The van der Waals surface area contributed by atoms with Gasteiger partial charge in [0.2, 0.25) is 0 Å². The number of aliphatic imine (C=N–C) groups is 1. The Kier molecular flexibility index (Phi) is 11.1. The second kappa shape index (κ2) is 12.2. The van der Waals surface area contributed by atoms with Crippen molar-refractivity contribution >= 4 is 41.3 Å². The number of guanidine groups is 1. The van der Waals surface area contributed by atoms with Crippen molar-refractivity contribution < 1.29 is 9.47 Å². The molecule has 1 saturated heterocycles. The van der Waals surface area contributed by atoms with Gasteiger partial charge in [0.25, 0.3) is 0 Å². The van der Waals surface area contributed by atoms with Crippen molar-refractivity contribution in [3.63, 3.8) is 0 Å². The number of aromatic nitrogens is 1. The van der Waals surface area contributed by atoms with E-state index in [-0.39, 0.29) is 29.4 Å². The van der Waals surface area contributed by atoms with Gasteiger partial charge in [-0.1, -0.05) is 20.8 Å². The second-order valence-electron chi connectivity index (χ2n) is 7.72. The van der Waals surface area contributed by atoms with E-state index in [1.165, 1.54) is 0 Å². The molecule has 0 radical (unpaired) electrons. The largest absolute Gasteiger partial charge is 0.382 e. The van der Waals surface area contributed by atoms with E-state index in [9.17, 15) is 0 Å². The molecule has 2 heterocycles. The van der Waals surface area contributed by atoms with Gasteiger partial charge in [0, 0.05) is 43.5 Å². The average Bonchev–Trinajstić information content (AvgIpc) is 3.24. The second-order valence-corrected chi connectivity index (χ2v) is 8.66. The van der Waals surface area contributed by atoms with Gasteiger partial charge in [-0.15, -0.1) is 35.3 Å². The van der Waals surface area contributed by atoms with Crippen LogP contribution in [0.4, 0.5) is 0 Å². The standard InChI is InChI=1S/C19H34N4O2S.HI/c1-6-20-18(21-11-17-22-16(14-26-17)19(2,3)4)23-8-7-15(12-23)13-25-10-9-24-5;/h14-15H,6-13H2,1-5H3,(H,20,21);1H. The highest BCUT2D eigenvalue weighted by atomic mass is 127. The fourth-order valence-electron chi connectivity index (χ4n) is 2.85. The molecule has 1 aromatic heterocycles. The first-order valence-corrected chi connectivity index (χ1v) is 10.4. The van der Waals surface area contributed by atoms with Crippen LogP contribution in [0.3, 0.4) is 0 Å². The van der Waals surface area contributed by atoms with Gasteiger partial charge in [0.05, 0.1) is 32.1 Å². The van der Waals surface area contributed by atoms with Crippen LogP contribution in [-0.2, 0) is 21.4 Å². The molecule has 1 aromatic rings. The zero-order valence-corrected chi connectivity index (χ0v) is 20.4. The van der Waals surface area contributed by atoms with Gasteiger partial charge in [-0.3, -0.25) is 0 Å². The van der Waals surface area contributed by atoms with Crippen LogP contribution in [0.2, 0.25) is 0 Å². The molecular formula is C19H35IN4O2S. The smallest absolute Gasteiger partial charge is 0.194 e. The first-order chi connectivity index (χ1) is 12.4. The average molecular weight is 510 g/mol. The van der Waals surface area contributed by atoms with Crippen LogP contribution in [0.25, 0.3) is 0 Å². The van der Waals surface area contributed by atoms with Gasteiger partial charge in [-0.2, -0.15) is 0 Å². The Hall–Kier alpha value is -0.450. The topological polar surface area (TPSA) is 59.0 Å². The summed E-state index contributed by atoms with van der Waals surface area (Å²) in [6, 6.07) is 0. The molecule has 1 atom stereocenters. The van der Waals surface area contributed by atoms with Crippen LogP contribution < -0.4 is 5.32 Å². The summed E-state index contributed by atoms with van der Waals surface area (Å²) in [5.41, 5.74) is 1.24. The molecular weight excluding hydrogens is 475 g/mol. The van der Waals surface area contributed by atoms with Gasteiger partial charge in [-0.05, 0) is 13.3 Å². The molecule has 0 spiro atoms. The van der Waals surface area contributed by atoms with Crippen molar-refractivity contribution in [1.29, 1.82) is 0 Å². The zero-order chi connectivity index (χ0) is 19.0. The summed E-state index contributed by atoms with van der Waals surface area (Å²) in [7, 11) is 1.70. The molecule has 6 nitrogen and oxygen atoms in total. The number of methoxy groups -OCH3 is 1. The SMILES string of the molecule is CCNC(=NCc1nc(C(C)(C)C)cs1)N1CCC(COCCOC)C1.I. The summed E-state index contributed by atoms with van der Waals surface area (Å²) in [6.45, 7) is 14.3. The van der Waals surface area contributed by atoms with E-state index in [1.54, 1.807) is 18.4 Å². The maximum absolute atomic E-state index is 5.69. The lowest BCUT2D eigenvalue weighted by atomic mass is 9.93. The lowest BCUT2D eigenvalue weighted by molar-refractivity contribution is 0.0536. The van der Waals surface area contributed by atoms with Gasteiger partial charge < -0.3 is 19.7 Å². The van der Waals surface area contributed by atoms with E-state index in [1.807, 2.05) is 0 Å². The number of nitrogens with zero attached hydrogens (tertiary/aromatic N) is 3. The molecule has 1 unspecified atom stereocenters. The molecule has 1 fully saturated rings. The van der Waals surface area contributed by atoms with Gasteiger partial charge in [-0.25, -0.2) is 9.98 Å². The van der Waals surface area contributed by atoms with E-state index in [0.717, 1.165) is 49.3 Å². The summed E-state index contributed by atoms with van der Waals surface area (Å²) < 4.78 is 10.7. The Morgan fingerprint density at radius 3 is 2.81 bits per heavy atom. The van der Waals surface area contributed by atoms with Crippen molar-refractivity contribution in [1.82, 2.24) is 15.2 Å². The molecule has 1 aliphatic rings.